The number of hydrogen-bond donors (Lipinski definition) is 1. The number of fused-ring (bicyclic) bond motifs is 4. The fourth-order valence-corrected chi connectivity index (χ4v) is 3.41. The number of hydrogen-bond acceptors (Lipinski definition) is 2. The largest absolute Gasteiger partial charge is 0.471 e. The van der Waals surface area contributed by atoms with Crippen LogP contribution in [0, 0.1) is 5.92 Å². The molecule has 1 aromatic carbocycles. The molecule has 0 spiro atoms. The molecule has 0 radical (unpaired) electrons. The van der Waals surface area contributed by atoms with E-state index in [2.05, 4.69) is 0 Å². The monoisotopic (exact) mass is 284 g/mol. The summed E-state index contributed by atoms with van der Waals surface area (Å²) in [6, 6.07) is 5.60. The van der Waals surface area contributed by atoms with Crippen LogP contribution in [0.3, 0.4) is 0 Å². The number of alkyl halides is 3. The van der Waals surface area contributed by atoms with Gasteiger partial charge < -0.3 is 10.6 Å². The molecule has 2 atom stereocenters. The van der Waals surface area contributed by atoms with Crippen LogP contribution in [-0.4, -0.2) is 30.1 Å². The lowest BCUT2D eigenvalue weighted by atomic mass is 9.74. The standard InChI is InChI=1S/C14H15F3N2O/c15-14(16,17)13(20)19-6-8-3-9-1-2-11(18)5-12(9)10(4-8)7-19/h1-2,5,8,10H,3-4,6-7,18H2. The van der Waals surface area contributed by atoms with Gasteiger partial charge in [0.25, 0.3) is 0 Å². The number of carbonyl (C=O) groups excluding carboxylic acids is 1. The molecular formula is C14H15F3N2O. The van der Waals surface area contributed by atoms with Crippen molar-refractivity contribution < 1.29 is 18.0 Å². The predicted molar refractivity (Wildman–Crippen MR) is 68.0 cm³/mol. The summed E-state index contributed by atoms with van der Waals surface area (Å²) in [5, 5.41) is 0. The maximum Gasteiger partial charge on any atom is 0.471 e. The second kappa shape index (κ2) is 4.40. The van der Waals surface area contributed by atoms with Crippen LogP contribution in [0.2, 0.25) is 0 Å². The van der Waals surface area contributed by atoms with Crippen molar-refractivity contribution in [2.75, 3.05) is 18.8 Å². The van der Waals surface area contributed by atoms with Crippen LogP contribution in [0.5, 0.6) is 0 Å². The highest BCUT2D eigenvalue weighted by molar-refractivity contribution is 5.82. The summed E-state index contributed by atoms with van der Waals surface area (Å²) in [7, 11) is 0. The maximum absolute atomic E-state index is 12.6. The van der Waals surface area contributed by atoms with Gasteiger partial charge in [-0.2, -0.15) is 13.2 Å². The normalized spacial score (nSPS) is 25.2. The van der Waals surface area contributed by atoms with Gasteiger partial charge in [-0.3, -0.25) is 4.79 Å². The second-order valence-corrected chi connectivity index (χ2v) is 5.67. The van der Waals surface area contributed by atoms with Gasteiger partial charge in [-0.15, -0.1) is 0 Å². The number of rotatable bonds is 0. The van der Waals surface area contributed by atoms with Crippen LogP contribution in [0.15, 0.2) is 18.2 Å². The Labute approximate surface area is 114 Å². The topological polar surface area (TPSA) is 46.3 Å². The third-order valence-electron chi connectivity index (χ3n) is 4.19. The summed E-state index contributed by atoms with van der Waals surface area (Å²) < 4.78 is 37.7. The molecule has 20 heavy (non-hydrogen) atoms. The minimum Gasteiger partial charge on any atom is -0.399 e. The van der Waals surface area contributed by atoms with Crippen molar-refractivity contribution >= 4 is 11.6 Å². The molecule has 0 saturated carbocycles. The number of carbonyl (C=O) groups is 1. The van der Waals surface area contributed by atoms with E-state index < -0.39 is 12.1 Å². The van der Waals surface area contributed by atoms with Gasteiger partial charge in [-0.25, -0.2) is 0 Å². The van der Waals surface area contributed by atoms with Crippen LogP contribution in [0.25, 0.3) is 0 Å². The molecule has 1 heterocycles. The third-order valence-corrected chi connectivity index (χ3v) is 4.19. The van der Waals surface area contributed by atoms with Crippen molar-refractivity contribution in [3.05, 3.63) is 29.3 Å². The molecule has 1 aliphatic heterocycles. The number of piperidine rings is 1. The van der Waals surface area contributed by atoms with E-state index in [0.29, 0.717) is 12.1 Å². The van der Waals surface area contributed by atoms with Crippen LogP contribution >= 0.6 is 0 Å². The number of nitrogens with zero attached hydrogens (tertiary/aromatic N) is 1. The van der Waals surface area contributed by atoms with Crippen molar-refractivity contribution in [2.24, 2.45) is 5.92 Å². The fraction of sp³-hybridized carbons (Fsp3) is 0.500. The minimum absolute atomic E-state index is 0.0349. The highest BCUT2D eigenvalue weighted by atomic mass is 19.4. The summed E-state index contributed by atoms with van der Waals surface area (Å²) in [6.07, 6.45) is -3.24. The van der Waals surface area contributed by atoms with E-state index in [0.717, 1.165) is 22.4 Å². The number of nitrogens with two attached hydrogens (primary N) is 1. The first-order valence-electron chi connectivity index (χ1n) is 6.59. The molecule has 1 aromatic rings. The van der Waals surface area contributed by atoms with Crippen molar-refractivity contribution in [3.8, 4) is 0 Å². The summed E-state index contributed by atoms with van der Waals surface area (Å²) in [4.78, 5) is 12.4. The zero-order chi connectivity index (χ0) is 14.5. The Morgan fingerprint density at radius 2 is 2.05 bits per heavy atom. The molecule has 2 N–H and O–H groups in total. The number of amides is 1. The number of anilines is 1. The fourth-order valence-electron chi connectivity index (χ4n) is 3.41. The van der Waals surface area contributed by atoms with Gasteiger partial charge in [-0.05, 0) is 42.0 Å². The first kappa shape index (κ1) is 13.3. The summed E-state index contributed by atoms with van der Waals surface area (Å²) in [6.45, 7) is 0.323. The van der Waals surface area contributed by atoms with Crippen molar-refractivity contribution in [3.63, 3.8) is 0 Å². The highest BCUT2D eigenvalue weighted by Crippen LogP contribution is 2.40. The van der Waals surface area contributed by atoms with Crippen molar-refractivity contribution in [1.29, 1.82) is 0 Å². The Morgan fingerprint density at radius 3 is 2.75 bits per heavy atom. The van der Waals surface area contributed by atoms with Crippen LogP contribution < -0.4 is 5.73 Å². The molecule has 3 nitrogen and oxygen atoms in total. The predicted octanol–water partition coefficient (Wildman–Crippen LogP) is 2.32. The quantitative estimate of drug-likeness (QED) is 0.743. The first-order chi connectivity index (χ1) is 9.34. The lowest BCUT2D eigenvalue weighted by molar-refractivity contribution is -0.187. The van der Waals surface area contributed by atoms with E-state index in [-0.39, 0.29) is 24.9 Å². The van der Waals surface area contributed by atoms with Gasteiger partial charge in [0.15, 0.2) is 0 Å². The van der Waals surface area contributed by atoms with Crippen LogP contribution in [0.4, 0.5) is 18.9 Å². The second-order valence-electron chi connectivity index (χ2n) is 5.67. The molecule has 1 fully saturated rings. The number of halogens is 3. The number of likely N-dealkylation sites (tertiary alicyclic amines) is 1. The Balaban J connectivity index is 1.88. The van der Waals surface area contributed by atoms with E-state index in [1.807, 2.05) is 18.2 Å². The van der Waals surface area contributed by atoms with Gasteiger partial charge in [0.2, 0.25) is 0 Å². The van der Waals surface area contributed by atoms with E-state index in [1.54, 1.807) is 0 Å². The van der Waals surface area contributed by atoms with E-state index in [1.165, 1.54) is 0 Å². The molecule has 2 aliphatic rings. The number of nitrogen functional groups attached to an aromatic ring is 1. The molecule has 2 unspecified atom stereocenters. The molecule has 6 heteroatoms. The minimum atomic E-state index is -4.79. The SMILES string of the molecule is Nc1ccc2c(c1)C1CC(C2)CN(C(=O)C(F)(F)F)C1. The molecule has 108 valence electrons. The molecular weight excluding hydrogens is 269 g/mol. The molecule has 1 amide bonds. The van der Waals surface area contributed by atoms with Gasteiger partial charge in [0, 0.05) is 24.7 Å². The zero-order valence-corrected chi connectivity index (χ0v) is 10.8. The Morgan fingerprint density at radius 1 is 1.30 bits per heavy atom. The number of benzene rings is 1. The molecule has 3 rings (SSSR count). The van der Waals surface area contributed by atoms with Gasteiger partial charge in [0.1, 0.15) is 0 Å². The van der Waals surface area contributed by atoms with Gasteiger partial charge in [0.05, 0.1) is 0 Å². The van der Waals surface area contributed by atoms with E-state index >= 15 is 0 Å². The summed E-state index contributed by atoms with van der Waals surface area (Å²) in [5.74, 6) is -1.65. The smallest absolute Gasteiger partial charge is 0.399 e. The van der Waals surface area contributed by atoms with Crippen LogP contribution in [-0.2, 0) is 11.2 Å². The first-order valence-corrected chi connectivity index (χ1v) is 6.59. The molecule has 1 aliphatic carbocycles. The Bertz CT molecular complexity index is 556. The van der Waals surface area contributed by atoms with Crippen molar-refractivity contribution in [2.45, 2.75) is 24.9 Å². The highest BCUT2D eigenvalue weighted by Gasteiger charge is 2.46. The van der Waals surface area contributed by atoms with E-state index in [9.17, 15) is 18.0 Å². The summed E-state index contributed by atoms with van der Waals surface area (Å²) >= 11 is 0. The van der Waals surface area contributed by atoms with Gasteiger partial charge in [-0.1, -0.05) is 6.07 Å². The molecule has 2 bridgehead atoms. The van der Waals surface area contributed by atoms with Gasteiger partial charge >= 0.3 is 12.1 Å². The van der Waals surface area contributed by atoms with Crippen LogP contribution in [0.1, 0.15) is 23.5 Å². The van der Waals surface area contributed by atoms with Crippen molar-refractivity contribution in [1.82, 2.24) is 4.90 Å². The molecule has 1 saturated heterocycles. The average Bonchev–Trinajstić information content (AvgIpc) is 2.37. The Hall–Kier alpha value is -1.72. The lowest BCUT2D eigenvalue weighted by Crippen LogP contribution is -2.50. The zero-order valence-electron chi connectivity index (χ0n) is 10.8. The third kappa shape index (κ3) is 2.23. The maximum atomic E-state index is 12.6. The molecule has 0 aromatic heterocycles. The lowest BCUT2D eigenvalue weighted by Gasteiger charge is -2.42. The average molecular weight is 284 g/mol. The Kier molecular flexibility index (Phi) is 2.92. The summed E-state index contributed by atoms with van der Waals surface area (Å²) in [5.41, 5.74) is 8.52. The van der Waals surface area contributed by atoms with E-state index in [4.69, 9.17) is 5.73 Å².